The number of nitrogens with two attached hydrogens (primary N) is 1. The maximum atomic E-state index is 12.6. The zero-order valence-electron chi connectivity index (χ0n) is 14.9. The summed E-state index contributed by atoms with van der Waals surface area (Å²) in [6, 6.07) is 11.2. The summed E-state index contributed by atoms with van der Waals surface area (Å²) in [7, 11) is 0. The summed E-state index contributed by atoms with van der Waals surface area (Å²) in [4.78, 5) is 47.1. The van der Waals surface area contributed by atoms with E-state index in [0.29, 0.717) is 23.5 Å². The summed E-state index contributed by atoms with van der Waals surface area (Å²) in [5, 5.41) is 10.5. The molecule has 0 aliphatic carbocycles. The van der Waals surface area contributed by atoms with E-state index in [1.165, 1.54) is 0 Å². The molecule has 0 unspecified atom stereocenters. The molecule has 2 aromatic rings. The summed E-state index contributed by atoms with van der Waals surface area (Å²) in [5.41, 5.74) is 7.36. The highest BCUT2D eigenvalue weighted by Crippen LogP contribution is 2.22. The van der Waals surface area contributed by atoms with Crippen LogP contribution in [0.5, 0.6) is 0 Å². The zero-order valence-corrected chi connectivity index (χ0v) is 14.9. The van der Waals surface area contributed by atoms with Crippen LogP contribution in [0.2, 0.25) is 0 Å². The van der Waals surface area contributed by atoms with Crippen molar-refractivity contribution in [2.45, 2.75) is 13.0 Å². The fraction of sp³-hybridized carbons (Fsp3) is 0.158. The minimum atomic E-state index is -0.508. The molecule has 2 aromatic carbocycles. The van der Waals surface area contributed by atoms with Gasteiger partial charge in [-0.15, -0.1) is 0 Å². The first-order valence-corrected chi connectivity index (χ1v) is 8.58. The minimum absolute atomic E-state index is 0.0402. The first-order valence-electron chi connectivity index (χ1n) is 8.58. The number of hydrogen-bond donors (Lipinski definition) is 5. The topological polar surface area (TPSA) is 142 Å². The van der Waals surface area contributed by atoms with Crippen LogP contribution in [0.25, 0.3) is 0 Å². The summed E-state index contributed by atoms with van der Waals surface area (Å²) in [6.45, 7) is 0.526. The van der Waals surface area contributed by atoms with Gasteiger partial charge in [0.2, 0.25) is 5.91 Å². The Hall–Kier alpha value is -3.88. The van der Waals surface area contributed by atoms with Gasteiger partial charge in [0.25, 0.3) is 11.8 Å². The standard InChI is InChI=1S/C19H19N5O4/c20-15(25)7-8-21-19(28)24-13-5-2-4-12(9-13)23-17(26)14-6-1-3-11-10-22-18(27)16(11)14/h1-6,9H,7-8,10H2,(H2,20,25)(H,22,27)(H,23,26)(H2,21,24,28). The second kappa shape index (κ2) is 8.21. The molecule has 0 fully saturated rings. The number of anilines is 2. The molecule has 0 spiro atoms. The molecule has 1 heterocycles. The number of carbonyl (C=O) groups is 4. The maximum absolute atomic E-state index is 12.6. The van der Waals surface area contributed by atoms with Crippen molar-refractivity contribution in [2.75, 3.05) is 17.2 Å². The number of rotatable bonds is 6. The molecule has 1 aliphatic heterocycles. The highest BCUT2D eigenvalue weighted by Gasteiger charge is 2.25. The van der Waals surface area contributed by atoms with E-state index in [1.807, 2.05) is 0 Å². The van der Waals surface area contributed by atoms with Gasteiger partial charge in [0, 0.05) is 30.9 Å². The number of nitrogens with one attached hydrogen (secondary N) is 4. The molecular weight excluding hydrogens is 362 g/mol. The molecule has 0 aromatic heterocycles. The molecule has 1 aliphatic rings. The molecule has 0 atom stereocenters. The van der Waals surface area contributed by atoms with Crippen LogP contribution in [0.3, 0.4) is 0 Å². The molecule has 9 nitrogen and oxygen atoms in total. The Labute approximate surface area is 160 Å². The van der Waals surface area contributed by atoms with Crippen LogP contribution in [0.4, 0.5) is 16.2 Å². The SMILES string of the molecule is NC(=O)CCNC(=O)Nc1cccc(NC(=O)c2cccc3c2C(=O)NC3)c1. The van der Waals surface area contributed by atoms with Gasteiger partial charge in [-0.3, -0.25) is 14.4 Å². The largest absolute Gasteiger partial charge is 0.370 e. The van der Waals surface area contributed by atoms with Crippen molar-refractivity contribution >= 4 is 35.1 Å². The van der Waals surface area contributed by atoms with E-state index in [2.05, 4.69) is 21.3 Å². The van der Waals surface area contributed by atoms with Crippen molar-refractivity contribution in [3.05, 3.63) is 59.2 Å². The lowest BCUT2D eigenvalue weighted by Gasteiger charge is -2.11. The van der Waals surface area contributed by atoms with E-state index in [-0.39, 0.29) is 24.4 Å². The number of hydrogen-bond acceptors (Lipinski definition) is 4. The van der Waals surface area contributed by atoms with Gasteiger partial charge in [-0.25, -0.2) is 4.79 Å². The number of urea groups is 1. The quantitative estimate of drug-likeness (QED) is 0.512. The molecule has 144 valence electrons. The second-order valence-electron chi connectivity index (χ2n) is 6.15. The van der Waals surface area contributed by atoms with E-state index in [0.717, 1.165) is 5.56 Å². The molecule has 9 heteroatoms. The Morgan fingerprint density at radius 3 is 2.50 bits per heavy atom. The molecule has 3 rings (SSSR count). The Bertz CT molecular complexity index is 957. The van der Waals surface area contributed by atoms with E-state index in [9.17, 15) is 19.2 Å². The van der Waals surface area contributed by atoms with Crippen LogP contribution in [-0.2, 0) is 11.3 Å². The summed E-state index contributed by atoms with van der Waals surface area (Å²) in [5.74, 6) is -1.20. The van der Waals surface area contributed by atoms with Crippen LogP contribution in [0, 0.1) is 0 Å². The molecule has 0 radical (unpaired) electrons. The van der Waals surface area contributed by atoms with Gasteiger partial charge in [0.1, 0.15) is 0 Å². The van der Waals surface area contributed by atoms with Crippen LogP contribution >= 0.6 is 0 Å². The van der Waals surface area contributed by atoms with Gasteiger partial charge in [0.05, 0.1) is 11.1 Å². The van der Waals surface area contributed by atoms with E-state index in [4.69, 9.17) is 5.73 Å². The Balaban J connectivity index is 1.66. The van der Waals surface area contributed by atoms with Crippen LogP contribution < -0.4 is 27.0 Å². The van der Waals surface area contributed by atoms with E-state index < -0.39 is 17.8 Å². The first kappa shape index (κ1) is 18.9. The fourth-order valence-corrected chi connectivity index (χ4v) is 2.82. The predicted octanol–water partition coefficient (Wildman–Crippen LogP) is 1.18. The normalized spacial score (nSPS) is 11.9. The number of fused-ring (bicyclic) bond motifs is 1. The number of amides is 5. The van der Waals surface area contributed by atoms with Crippen molar-refractivity contribution in [1.29, 1.82) is 0 Å². The lowest BCUT2D eigenvalue weighted by atomic mass is 10.0. The first-order chi connectivity index (χ1) is 13.4. The average Bonchev–Trinajstić information content (AvgIpc) is 3.03. The van der Waals surface area contributed by atoms with Crippen molar-refractivity contribution in [3.8, 4) is 0 Å². The third-order valence-corrected chi connectivity index (χ3v) is 4.10. The average molecular weight is 381 g/mol. The number of primary amides is 1. The zero-order chi connectivity index (χ0) is 20.1. The summed E-state index contributed by atoms with van der Waals surface area (Å²) >= 11 is 0. The molecule has 6 N–H and O–H groups in total. The summed E-state index contributed by atoms with van der Waals surface area (Å²) < 4.78 is 0. The van der Waals surface area contributed by atoms with Gasteiger partial charge < -0.3 is 27.0 Å². The number of carbonyl (C=O) groups excluding carboxylic acids is 4. The molecule has 5 amide bonds. The smallest absolute Gasteiger partial charge is 0.319 e. The molecular formula is C19H19N5O4. The van der Waals surface area contributed by atoms with Gasteiger partial charge in [-0.2, -0.15) is 0 Å². The van der Waals surface area contributed by atoms with Crippen molar-refractivity contribution < 1.29 is 19.2 Å². The van der Waals surface area contributed by atoms with Crippen molar-refractivity contribution in [2.24, 2.45) is 5.73 Å². The Morgan fingerprint density at radius 1 is 1.04 bits per heavy atom. The minimum Gasteiger partial charge on any atom is -0.370 e. The lowest BCUT2D eigenvalue weighted by molar-refractivity contribution is -0.117. The fourth-order valence-electron chi connectivity index (χ4n) is 2.82. The highest BCUT2D eigenvalue weighted by atomic mass is 16.2. The maximum Gasteiger partial charge on any atom is 0.319 e. The third kappa shape index (κ3) is 4.44. The van der Waals surface area contributed by atoms with Crippen LogP contribution in [0.1, 0.15) is 32.7 Å². The predicted molar refractivity (Wildman–Crippen MR) is 103 cm³/mol. The van der Waals surface area contributed by atoms with Crippen molar-refractivity contribution in [1.82, 2.24) is 10.6 Å². The monoisotopic (exact) mass is 381 g/mol. The van der Waals surface area contributed by atoms with Crippen LogP contribution in [0.15, 0.2) is 42.5 Å². The molecule has 0 saturated heterocycles. The Kier molecular flexibility index (Phi) is 5.54. The van der Waals surface area contributed by atoms with Gasteiger partial charge in [-0.1, -0.05) is 18.2 Å². The van der Waals surface area contributed by atoms with Crippen LogP contribution in [-0.4, -0.2) is 30.3 Å². The molecule has 0 saturated carbocycles. The summed E-state index contributed by atoms with van der Waals surface area (Å²) in [6.07, 6.45) is 0.0402. The highest BCUT2D eigenvalue weighted by molar-refractivity contribution is 6.13. The van der Waals surface area contributed by atoms with Gasteiger partial charge in [-0.05, 0) is 29.8 Å². The third-order valence-electron chi connectivity index (χ3n) is 4.10. The van der Waals surface area contributed by atoms with E-state index >= 15 is 0 Å². The van der Waals surface area contributed by atoms with Gasteiger partial charge in [0.15, 0.2) is 0 Å². The van der Waals surface area contributed by atoms with Gasteiger partial charge >= 0.3 is 6.03 Å². The van der Waals surface area contributed by atoms with E-state index in [1.54, 1.807) is 42.5 Å². The molecule has 0 bridgehead atoms. The lowest BCUT2D eigenvalue weighted by Crippen LogP contribution is -2.31. The van der Waals surface area contributed by atoms with Crippen molar-refractivity contribution in [3.63, 3.8) is 0 Å². The molecule has 28 heavy (non-hydrogen) atoms. The Morgan fingerprint density at radius 2 is 1.75 bits per heavy atom. The number of benzene rings is 2. The second-order valence-corrected chi connectivity index (χ2v) is 6.15.